The highest BCUT2D eigenvalue weighted by atomic mass is 32.1. The van der Waals surface area contributed by atoms with E-state index in [2.05, 4.69) is 18.8 Å². The normalized spacial score (nSPS) is 14.1. The highest BCUT2D eigenvalue weighted by Crippen LogP contribution is 2.32. The molecule has 0 fully saturated rings. The summed E-state index contributed by atoms with van der Waals surface area (Å²) < 4.78 is 5.67. The SMILES string of the molecule is CC(C)COc1ccc(C(CN)C(O)c2cncs2)cc1. The number of hydrogen-bond acceptors (Lipinski definition) is 5. The van der Waals surface area contributed by atoms with Gasteiger partial charge in [-0.1, -0.05) is 26.0 Å². The van der Waals surface area contributed by atoms with Gasteiger partial charge in [0, 0.05) is 18.7 Å². The van der Waals surface area contributed by atoms with E-state index in [4.69, 9.17) is 10.5 Å². The van der Waals surface area contributed by atoms with Gasteiger partial charge in [0.1, 0.15) is 5.75 Å². The number of aliphatic hydroxyl groups is 1. The number of thiazole rings is 1. The van der Waals surface area contributed by atoms with E-state index in [1.807, 2.05) is 24.3 Å². The van der Waals surface area contributed by atoms with Crippen molar-refractivity contribution in [3.63, 3.8) is 0 Å². The van der Waals surface area contributed by atoms with Crippen molar-refractivity contribution in [1.29, 1.82) is 0 Å². The van der Waals surface area contributed by atoms with Gasteiger partial charge in [0.15, 0.2) is 0 Å². The topological polar surface area (TPSA) is 68.4 Å². The Hall–Kier alpha value is -1.43. The fourth-order valence-electron chi connectivity index (χ4n) is 2.09. The first-order chi connectivity index (χ1) is 10.1. The molecule has 0 bridgehead atoms. The second-order valence-electron chi connectivity index (χ2n) is 5.46. The number of benzene rings is 1. The van der Waals surface area contributed by atoms with E-state index >= 15 is 0 Å². The molecular formula is C16H22N2O2S. The summed E-state index contributed by atoms with van der Waals surface area (Å²) in [5.74, 6) is 1.20. The Morgan fingerprint density at radius 2 is 2.00 bits per heavy atom. The number of hydrogen-bond donors (Lipinski definition) is 2. The van der Waals surface area contributed by atoms with Gasteiger partial charge in [0.2, 0.25) is 0 Å². The van der Waals surface area contributed by atoms with Crippen LogP contribution in [-0.4, -0.2) is 23.2 Å². The van der Waals surface area contributed by atoms with Crippen molar-refractivity contribution in [2.24, 2.45) is 11.7 Å². The Balaban J connectivity index is 2.08. The van der Waals surface area contributed by atoms with E-state index in [-0.39, 0.29) is 5.92 Å². The van der Waals surface area contributed by atoms with Gasteiger partial charge in [-0.15, -0.1) is 11.3 Å². The number of nitrogens with two attached hydrogens (primary N) is 1. The molecule has 5 heteroatoms. The number of nitrogens with zero attached hydrogens (tertiary/aromatic N) is 1. The maximum atomic E-state index is 10.4. The molecule has 1 heterocycles. The lowest BCUT2D eigenvalue weighted by Crippen LogP contribution is -2.19. The molecule has 2 unspecified atom stereocenters. The summed E-state index contributed by atoms with van der Waals surface area (Å²) in [6, 6.07) is 7.80. The number of rotatable bonds is 7. The van der Waals surface area contributed by atoms with Crippen LogP contribution in [0.15, 0.2) is 36.0 Å². The fraction of sp³-hybridized carbons (Fsp3) is 0.438. The van der Waals surface area contributed by atoms with E-state index < -0.39 is 6.10 Å². The van der Waals surface area contributed by atoms with Crippen LogP contribution in [0.25, 0.3) is 0 Å². The third kappa shape index (κ3) is 4.27. The van der Waals surface area contributed by atoms with Crippen molar-refractivity contribution in [3.05, 3.63) is 46.4 Å². The van der Waals surface area contributed by atoms with Crippen molar-refractivity contribution in [3.8, 4) is 5.75 Å². The first-order valence-corrected chi connectivity index (χ1v) is 7.99. The van der Waals surface area contributed by atoms with Crippen LogP contribution in [0.1, 0.15) is 36.3 Å². The minimum atomic E-state index is -0.620. The molecule has 1 aromatic carbocycles. The van der Waals surface area contributed by atoms with Crippen LogP contribution in [0.2, 0.25) is 0 Å². The van der Waals surface area contributed by atoms with Crippen LogP contribution in [0, 0.1) is 5.92 Å². The highest BCUT2D eigenvalue weighted by Gasteiger charge is 2.22. The summed E-state index contributed by atoms with van der Waals surface area (Å²) in [6.45, 7) is 5.31. The maximum Gasteiger partial charge on any atom is 0.119 e. The predicted molar refractivity (Wildman–Crippen MR) is 85.6 cm³/mol. The van der Waals surface area contributed by atoms with Gasteiger partial charge in [-0.2, -0.15) is 0 Å². The predicted octanol–water partition coefficient (Wildman–Crippen LogP) is 2.95. The monoisotopic (exact) mass is 306 g/mol. The zero-order valence-corrected chi connectivity index (χ0v) is 13.2. The molecule has 0 amide bonds. The van der Waals surface area contributed by atoms with Gasteiger partial charge >= 0.3 is 0 Å². The van der Waals surface area contributed by atoms with Crippen molar-refractivity contribution in [2.75, 3.05) is 13.2 Å². The minimum absolute atomic E-state index is 0.135. The standard InChI is InChI=1S/C16H22N2O2S/c1-11(2)9-20-13-5-3-12(4-6-13)14(7-17)16(19)15-8-18-10-21-15/h3-6,8,10-11,14,16,19H,7,9,17H2,1-2H3. The third-order valence-electron chi connectivity index (χ3n) is 3.27. The maximum absolute atomic E-state index is 10.4. The molecule has 114 valence electrons. The van der Waals surface area contributed by atoms with Crippen molar-refractivity contribution in [2.45, 2.75) is 25.9 Å². The average molecular weight is 306 g/mol. The molecule has 2 aromatic rings. The molecule has 0 saturated carbocycles. The molecule has 4 nitrogen and oxygen atoms in total. The Kier molecular flexibility index (Phi) is 5.73. The summed E-state index contributed by atoms with van der Waals surface area (Å²) >= 11 is 1.44. The fourth-order valence-corrected chi connectivity index (χ4v) is 2.76. The number of ether oxygens (including phenoxy) is 1. The summed E-state index contributed by atoms with van der Waals surface area (Å²) in [5, 5.41) is 10.4. The lowest BCUT2D eigenvalue weighted by atomic mass is 9.93. The molecule has 0 spiro atoms. The summed E-state index contributed by atoms with van der Waals surface area (Å²) in [4.78, 5) is 4.84. The molecular weight excluding hydrogens is 284 g/mol. The van der Waals surface area contributed by atoms with E-state index in [1.165, 1.54) is 11.3 Å². The second-order valence-corrected chi connectivity index (χ2v) is 6.38. The van der Waals surface area contributed by atoms with Crippen LogP contribution < -0.4 is 10.5 Å². The number of aliphatic hydroxyl groups excluding tert-OH is 1. The molecule has 2 atom stereocenters. The minimum Gasteiger partial charge on any atom is -0.493 e. The lowest BCUT2D eigenvalue weighted by Gasteiger charge is -2.21. The third-order valence-corrected chi connectivity index (χ3v) is 4.12. The first kappa shape index (κ1) is 15.9. The average Bonchev–Trinajstić information content (AvgIpc) is 3.01. The molecule has 0 radical (unpaired) electrons. The van der Waals surface area contributed by atoms with Crippen LogP contribution in [0.5, 0.6) is 5.75 Å². The van der Waals surface area contributed by atoms with E-state index in [1.54, 1.807) is 11.7 Å². The van der Waals surface area contributed by atoms with E-state index in [0.717, 1.165) is 16.2 Å². The van der Waals surface area contributed by atoms with Gasteiger partial charge in [-0.3, -0.25) is 4.98 Å². The van der Waals surface area contributed by atoms with Crippen molar-refractivity contribution in [1.82, 2.24) is 4.98 Å². The van der Waals surface area contributed by atoms with Crippen molar-refractivity contribution < 1.29 is 9.84 Å². The van der Waals surface area contributed by atoms with E-state index in [0.29, 0.717) is 19.1 Å². The van der Waals surface area contributed by atoms with E-state index in [9.17, 15) is 5.11 Å². The quantitative estimate of drug-likeness (QED) is 0.825. The first-order valence-electron chi connectivity index (χ1n) is 7.11. The smallest absolute Gasteiger partial charge is 0.119 e. The van der Waals surface area contributed by atoms with Crippen LogP contribution in [0.4, 0.5) is 0 Å². The van der Waals surface area contributed by atoms with Gasteiger partial charge in [-0.05, 0) is 23.6 Å². The summed E-state index contributed by atoms with van der Waals surface area (Å²) in [6.07, 6.45) is 1.07. The molecule has 0 aliphatic carbocycles. The van der Waals surface area contributed by atoms with Gasteiger partial charge in [0.05, 0.1) is 23.1 Å². The molecule has 0 saturated heterocycles. The Morgan fingerprint density at radius 1 is 1.29 bits per heavy atom. The molecule has 2 rings (SSSR count). The zero-order chi connectivity index (χ0) is 15.2. The van der Waals surface area contributed by atoms with Gasteiger partial charge in [-0.25, -0.2) is 0 Å². The molecule has 3 N–H and O–H groups in total. The Labute approximate surface area is 129 Å². The Bertz CT molecular complexity index is 526. The largest absolute Gasteiger partial charge is 0.493 e. The Morgan fingerprint density at radius 3 is 2.52 bits per heavy atom. The molecule has 21 heavy (non-hydrogen) atoms. The van der Waals surface area contributed by atoms with Crippen LogP contribution in [0.3, 0.4) is 0 Å². The van der Waals surface area contributed by atoms with Crippen LogP contribution in [-0.2, 0) is 0 Å². The number of aromatic nitrogens is 1. The molecule has 0 aliphatic heterocycles. The second kappa shape index (κ2) is 7.54. The van der Waals surface area contributed by atoms with Crippen LogP contribution >= 0.6 is 11.3 Å². The van der Waals surface area contributed by atoms with Gasteiger partial charge < -0.3 is 15.6 Å². The lowest BCUT2D eigenvalue weighted by molar-refractivity contribution is 0.151. The van der Waals surface area contributed by atoms with Crippen molar-refractivity contribution >= 4 is 11.3 Å². The summed E-state index contributed by atoms with van der Waals surface area (Å²) in [5.41, 5.74) is 8.57. The highest BCUT2D eigenvalue weighted by molar-refractivity contribution is 7.09. The van der Waals surface area contributed by atoms with Gasteiger partial charge in [0.25, 0.3) is 0 Å². The summed E-state index contributed by atoms with van der Waals surface area (Å²) in [7, 11) is 0. The molecule has 0 aliphatic rings. The molecule has 1 aromatic heterocycles. The zero-order valence-electron chi connectivity index (χ0n) is 12.4.